The third-order valence-electron chi connectivity index (χ3n) is 5.03. The number of nitrogens with zero attached hydrogens (tertiary/aromatic N) is 3. The van der Waals surface area contributed by atoms with E-state index in [9.17, 15) is 8.42 Å². The summed E-state index contributed by atoms with van der Waals surface area (Å²) in [4.78, 5) is 4.36. The normalized spacial score (nSPS) is 24.9. The van der Waals surface area contributed by atoms with E-state index in [-0.39, 0.29) is 5.92 Å². The molecule has 2 aliphatic rings. The highest BCUT2D eigenvalue weighted by molar-refractivity contribution is 7.89. The van der Waals surface area contributed by atoms with Crippen molar-refractivity contribution in [3.63, 3.8) is 0 Å². The summed E-state index contributed by atoms with van der Waals surface area (Å²) in [7, 11) is -1.12. The zero-order valence-electron chi connectivity index (χ0n) is 12.7. The predicted octanol–water partition coefficient (Wildman–Crippen LogP) is 2.12. The molecule has 0 radical (unpaired) electrons. The first-order valence-electron chi connectivity index (χ1n) is 8.01. The van der Waals surface area contributed by atoms with E-state index in [0.29, 0.717) is 24.8 Å². The fraction of sp³-hybridized carbons (Fsp3) is 0.800. The van der Waals surface area contributed by atoms with Gasteiger partial charge in [-0.05, 0) is 18.8 Å². The number of hydrogen-bond donors (Lipinski definition) is 0. The van der Waals surface area contributed by atoms with Gasteiger partial charge in [-0.1, -0.05) is 25.7 Å². The van der Waals surface area contributed by atoms with Crippen molar-refractivity contribution in [2.75, 3.05) is 18.8 Å². The molecule has 0 bridgehead atoms. The minimum absolute atomic E-state index is 0.242. The molecule has 5 nitrogen and oxygen atoms in total. The highest BCUT2D eigenvalue weighted by atomic mass is 32.2. The highest BCUT2D eigenvalue weighted by Gasteiger charge is 2.34. The molecular weight excluding hydrogens is 286 g/mol. The van der Waals surface area contributed by atoms with Crippen LogP contribution in [-0.2, 0) is 17.1 Å². The molecule has 0 N–H and O–H groups in total. The van der Waals surface area contributed by atoms with Gasteiger partial charge in [0.25, 0.3) is 0 Å². The van der Waals surface area contributed by atoms with Crippen LogP contribution in [-0.4, -0.2) is 41.1 Å². The van der Waals surface area contributed by atoms with Crippen molar-refractivity contribution in [1.29, 1.82) is 0 Å². The van der Waals surface area contributed by atoms with Crippen LogP contribution in [0.4, 0.5) is 0 Å². The van der Waals surface area contributed by atoms with Crippen molar-refractivity contribution in [1.82, 2.24) is 13.9 Å². The molecule has 0 amide bonds. The number of sulfonamides is 1. The lowest BCUT2D eigenvalue weighted by Crippen LogP contribution is -2.31. The Bertz CT molecular complexity index is 575. The third-order valence-corrected chi connectivity index (χ3v) is 6.90. The van der Waals surface area contributed by atoms with Gasteiger partial charge in [-0.2, -0.15) is 0 Å². The van der Waals surface area contributed by atoms with Gasteiger partial charge in [-0.15, -0.1) is 0 Å². The largest absolute Gasteiger partial charge is 0.338 e. The molecule has 118 valence electrons. The Morgan fingerprint density at radius 3 is 2.71 bits per heavy atom. The van der Waals surface area contributed by atoms with Crippen molar-refractivity contribution >= 4 is 10.0 Å². The average Bonchev–Trinajstić information content (AvgIpc) is 3.17. The summed E-state index contributed by atoms with van der Waals surface area (Å²) in [5.41, 5.74) is 0. The molecule has 1 atom stereocenters. The van der Waals surface area contributed by atoms with Gasteiger partial charge in [0, 0.05) is 38.4 Å². The third kappa shape index (κ3) is 3.31. The number of aryl methyl sites for hydroxylation is 1. The molecular formula is C15H25N3O2S. The molecule has 0 spiro atoms. The predicted molar refractivity (Wildman–Crippen MR) is 82.5 cm³/mol. The molecule has 1 unspecified atom stereocenters. The SMILES string of the molecule is Cn1ccnc1C1CCN(S(=O)(=O)CCC2CCCC2)C1. The molecule has 1 aliphatic heterocycles. The van der Waals surface area contributed by atoms with E-state index < -0.39 is 10.0 Å². The van der Waals surface area contributed by atoms with Crippen LogP contribution in [0.5, 0.6) is 0 Å². The molecule has 1 aromatic rings. The molecule has 2 heterocycles. The molecule has 2 fully saturated rings. The maximum atomic E-state index is 12.5. The van der Waals surface area contributed by atoms with Gasteiger partial charge in [0.05, 0.1) is 5.75 Å². The Hall–Kier alpha value is -0.880. The van der Waals surface area contributed by atoms with Gasteiger partial charge in [-0.25, -0.2) is 17.7 Å². The lowest BCUT2D eigenvalue weighted by atomic mass is 10.1. The first-order chi connectivity index (χ1) is 10.1. The molecule has 1 aromatic heterocycles. The maximum absolute atomic E-state index is 12.5. The number of hydrogen-bond acceptors (Lipinski definition) is 3. The second-order valence-corrected chi connectivity index (χ2v) is 8.58. The van der Waals surface area contributed by atoms with Gasteiger partial charge < -0.3 is 4.57 Å². The molecule has 1 saturated carbocycles. The Morgan fingerprint density at radius 1 is 1.29 bits per heavy atom. The van der Waals surface area contributed by atoms with Gasteiger partial charge in [-0.3, -0.25) is 0 Å². The second kappa shape index (κ2) is 6.08. The standard InChI is InChI=1S/C15H25N3O2S/c1-17-10-8-16-15(17)14-6-9-18(12-14)21(19,20)11-7-13-4-2-3-5-13/h8,10,13-14H,2-7,9,11-12H2,1H3. The first kappa shape index (κ1) is 15.0. The first-order valence-corrected chi connectivity index (χ1v) is 9.62. The molecule has 0 aromatic carbocycles. The van der Waals surface area contributed by atoms with Crippen molar-refractivity contribution in [2.24, 2.45) is 13.0 Å². The van der Waals surface area contributed by atoms with Crippen LogP contribution >= 0.6 is 0 Å². The van der Waals surface area contributed by atoms with Crippen molar-refractivity contribution in [3.8, 4) is 0 Å². The smallest absolute Gasteiger partial charge is 0.214 e. The average molecular weight is 311 g/mol. The highest BCUT2D eigenvalue weighted by Crippen LogP contribution is 2.31. The quantitative estimate of drug-likeness (QED) is 0.837. The lowest BCUT2D eigenvalue weighted by Gasteiger charge is -2.18. The molecule has 6 heteroatoms. The van der Waals surface area contributed by atoms with Gasteiger partial charge in [0.15, 0.2) is 0 Å². The number of imidazole rings is 1. The molecule has 21 heavy (non-hydrogen) atoms. The summed E-state index contributed by atoms with van der Waals surface area (Å²) in [5, 5.41) is 0. The monoisotopic (exact) mass is 311 g/mol. The van der Waals surface area contributed by atoms with Gasteiger partial charge >= 0.3 is 0 Å². The topological polar surface area (TPSA) is 55.2 Å². The Balaban J connectivity index is 1.58. The van der Waals surface area contributed by atoms with Crippen LogP contribution < -0.4 is 0 Å². The zero-order chi connectivity index (χ0) is 14.9. The van der Waals surface area contributed by atoms with Crippen molar-refractivity contribution in [3.05, 3.63) is 18.2 Å². The summed E-state index contributed by atoms with van der Waals surface area (Å²) in [6, 6.07) is 0. The minimum Gasteiger partial charge on any atom is -0.338 e. The van der Waals surface area contributed by atoms with Crippen LogP contribution in [0.1, 0.15) is 50.3 Å². The minimum atomic E-state index is -3.09. The zero-order valence-corrected chi connectivity index (χ0v) is 13.6. The molecule has 3 rings (SSSR count). The van der Waals surface area contributed by atoms with Gasteiger partial charge in [0.1, 0.15) is 5.82 Å². The second-order valence-electron chi connectivity index (χ2n) is 6.50. The number of rotatable bonds is 5. The van der Waals surface area contributed by atoms with Crippen LogP contribution in [0.25, 0.3) is 0 Å². The van der Waals surface area contributed by atoms with Crippen LogP contribution in [0, 0.1) is 5.92 Å². The Labute approximate surface area is 127 Å². The number of aromatic nitrogens is 2. The summed E-state index contributed by atoms with van der Waals surface area (Å²) >= 11 is 0. The van der Waals surface area contributed by atoms with Crippen LogP contribution in [0.3, 0.4) is 0 Å². The van der Waals surface area contributed by atoms with Crippen LogP contribution in [0.2, 0.25) is 0 Å². The summed E-state index contributed by atoms with van der Waals surface area (Å²) < 4.78 is 28.7. The fourth-order valence-corrected chi connectivity index (χ4v) is 5.39. The van der Waals surface area contributed by atoms with E-state index in [4.69, 9.17) is 0 Å². The van der Waals surface area contributed by atoms with Crippen molar-refractivity contribution < 1.29 is 8.42 Å². The summed E-state index contributed by atoms with van der Waals surface area (Å²) in [5.74, 6) is 2.20. The fourth-order valence-electron chi connectivity index (χ4n) is 3.71. The van der Waals surface area contributed by atoms with E-state index in [1.54, 1.807) is 10.5 Å². The van der Waals surface area contributed by atoms with E-state index in [0.717, 1.165) is 18.7 Å². The Kier molecular flexibility index (Phi) is 4.36. The van der Waals surface area contributed by atoms with Crippen molar-refractivity contribution in [2.45, 2.75) is 44.4 Å². The maximum Gasteiger partial charge on any atom is 0.214 e. The van der Waals surface area contributed by atoms with E-state index in [1.807, 2.05) is 17.8 Å². The van der Waals surface area contributed by atoms with Gasteiger partial charge in [0.2, 0.25) is 10.0 Å². The molecule has 1 saturated heterocycles. The summed E-state index contributed by atoms with van der Waals surface area (Å²) in [6.07, 6.45) is 10.4. The lowest BCUT2D eigenvalue weighted by molar-refractivity contribution is 0.457. The summed E-state index contributed by atoms with van der Waals surface area (Å²) in [6.45, 7) is 1.24. The molecule has 1 aliphatic carbocycles. The van der Waals surface area contributed by atoms with E-state index in [1.165, 1.54) is 25.7 Å². The van der Waals surface area contributed by atoms with Crippen LogP contribution in [0.15, 0.2) is 12.4 Å². The Morgan fingerprint density at radius 2 is 2.05 bits per heavy atom. The van der Waals surface area contributed by atoms with E-state index in [2.05, 4.69) is 4.98 Å². The van der Waals surface area contributed by atoms with E-state index >= 15 is 0 Å².